The molecule has 0 aromatic rings. The minimum atomic E-state index is 0.216. The zero-order chi connectivity index (χ0) is 9.84. The Kier molecular flexibility index (Phi) is 3.72. The molecule has 0 bridgehead atoms. The van der Waals surface area contributed by atoms with Crippen molar-refractivity contribution in [3.05, 3.63) is 0 Å². The second-order valence-corrected chi connectivity index (χ2v) is 4.07. The summed E-state index contributed by atoms with van der Waals surface area (Å²) < 4.78 is 0. The van der Waals surface area contributed by atoms with Crippen LogP contribution in [0.1, 0.15) is 33.6 Å². The number of hydrogen-bond acceptors (Lipinski definition) is 2. The van der Waals surface area contributed by atoms with E-state index in [0.717, 1.165) is 25.9 Å². The second-order valence-electron chi connectivity index (χ2n) is 4.07. The van der Waals surface area contributed by atoms with E-state index in [1.807, 2.05) is 4.90 Å². The van der Waals surface area contributed by atoms with E-state index in [-0.39, 0.29) is 5.91 Å². The number of carbonyl (C=O) groups excluding carboxylic acids is 1. The van der Waals surface area contributed by atoms with E-state index in [1.165, 1.54) is 0 Å². The summed E-state index contributed by atoms with van der Waals surface area (Å²) in [7, 11) is 0. The number of carbonyl (C=O) groups is 1. The molecule has 0 aromatic heterocycles. The molecule has 0 saturated carbocycles. The van der Waals surface area contributed by atoms with Gasteiger partial charge in [0.05, 0.1) is 0 Å². The largest absolute Gasteiger partial charge is 0.339 e. The minimum absolute atomic E-state index is 0.216. The number of rotatable bonds is 3. The van der Waals surface area contributed by atoms with E-state index in [1.54, 1.807) is 6.92 Å². The summed E-state index contributed by atoms with van der Waals surface area (Å²) in [5, 5.41) is 3.38. The van der Waals surface area contributed by atoms with Gasteiger partial charge in [0.15, 0.2) is 0 Å². The van der Waals surface area contributed by atoms with Crippen molar-refractivity contribution in [2.24, 2.45) is 0 Å². The van der Waals surface area contributed by atoms with Crippen LogP contribution in [0.15, 0.2) is 0 Å². The van der Waals surface area contributed by atoms with E-state index in [0.29, 0.717) is 12.1 Å². The van der Waals surface area contributed by atoms with Crippen LogP contribution < -0.4 is 5.32 Å². The zero-order valence-corrected chi connectivity index (χ0v) is 8.84. The smallest absolute Gasteiger partial charge is 0.219 e. The van der Waals surface area contributed by atoms with Crippen molar-refractivity contribution in [1.82, 2.24) is 10.2 Å². The number of amides is 1. The van der Waals surface area contributed by atoms with Gasteiger partial charge >= 0.3 is 0 Å². The average molecular weight is 184 g/mol. The Balaban J connectivity index is 2.35. The molecule has 1 N–H and O–H groups in total. The van der Waals surface area contributed by atoms with Gasteiger partial charge in [-0.2, -0.15) is 0 Å². The Hall–Kier alpha value is -0.570. The van der Waals surface area contributed by atoms with Crippen molar-refractivity contribution >= 4 is 5.91 Å². The Morgan fingerprint density at radius 1 is 1.62 bits per heavy atom. The van der Waals surface area contributed by atoms with Gasteiger partial charge in [0.25, 0.3) is 0 Å². The van der Waals surface area contributed by atoms with Crippen LogP contribution in [0.25, 0.3) is 0 Å². The molecule has 1 aliphatic heterocycles. The highest BCUT2D eigenvalue weighted by atomic mass is 16.2. The molecule has 1 aliphatic rings. The molecule has 3 nitrogen and oxygen atoms in total. The fourth-order valence-electron chi connectivity index (χ4n) is 1.83. The van der Waals surface area contributed by atoms with Crippen molar-refractivity contribution in [3.8, 4) is 0 Å². The maximum absolute atomic E-state index is 11.2. The van der Waals surface area contributed by atoms with Crippen LogP contribution in [0, 0.1) is 0 Å². The summed E-state index contributed by atoms with van der Waals surface area (Å²) in [6.07, 6.45) is 2.31. The van der Waals surface area contributed by atoms with E-state index in [4.69, 9.17) is 0 Å². The van der Waals surface area contributed by atoms with Crippen molar-refractivity contribution in [2.75, 3.05) is 13.1 Å². The normalized spacial score (nSPS) is 22.8. The van der Waals surface area contributed by atoms with Crippen molar-refractivity contribution in [3.63, 3.8) is 0 Å². The number of nitrogens with one attached hydrogen (secondary N) is 1. The molecule has 1 amide bonds. The molecular formula is C10H20N2O. The lowest BCUT2D eigenvalue weighted by molar-refractivity contribution is -0.129. The second kappa shape index (κ2) is 4.61. The third kappa shape index (κ3) is 2.99. The van der Waals surface area contributed by atoms with E-state index in [2.05, 4.69) is 19.2 Å². The van der Waals surface area contributed by atoms with Crippen LogP contribution >= 0.6 is 0 Å². The molecule has 76 valence electrons. The standard InChI is InChI=1S/C10H20N2O/c1-8(2)11-7-10-5-4-6-12(10)9(3)13/h8,10-11H,4-7H2,1-3H3/t10-/m1/s1. The van der Waals surface area contributed by atoms with Gasteiger partial charge in [-0.25, -0.2) is 0 Å². The molecule has 0 aliphatic carbocycles. The van der Waals surface area contributed by atoms with Crippen molar-refractivity contribution in [2.45, 2.75) is 45.7 Å². The zero-order valence-electron chi connectivity index (χ0n) is 8.84. The van der Waals surface area contributed by atoms with Gasteiger partial charge in [-0.15, -0.1) is 0 Å². The first-order valence-electron chi connectivity index (χ1n) is 5.12. The molecule has 0 aromatic carbocycles. The number of hydrogen-bond donors (Lipinski definition) is 1. The third-order valence-corrected chi connectivity index (χ3v) is 2.54. The molecule has 0 unspecified atom stereocenters. The Labute approximate surface area is 80.5 Å². The lowest BCUT2D eigenvalue weighted by Crippen LogP contribution is -2.42. The fourth-order valence-corrected chi connectivity index (χ4v) is 1.83. The van der Waals surface area contributed by atoms with E-state index in [9.17, 15) is 4.79 Å². The number of likely N-dealkylation sites (tertiary alicyclic amines) is 1. The monoisotopic (exact) mass is 184 g/mol. The van der Waals surface area contributed by atoms with Gasteiger partial charge in [0.1, 0.15) is 0 Å². The van der Waals surface area contributed by atoms with Crippen LogP contribution in [0.3, 0.4) is 0 Å². The maximum atomic E-state index is 11.2. The molecule has 1 saturated heterocycles. The van der Waals surface area contributed by atoms with Crippen molar-refractivity contribution in [1.29, 1.82) is 0 Å². The summed E-state index contributed by atoms with van der Waals surface area (Å²) in [4.78, 5) is 13.2. The fraction of sp³-hybridized carbons (Fsp3) is 0.900. The van der Waals surface area contributed by atoms with Gasteiger partial charge in [0, 0.05) is 32.1 Å². The molecule has 1 fully saturated rings. The summed E-state index contributed by atoms with van der Waals surface area (Å²) in [6, 6.07) is 0.939. The first kappa shape index (κ1) is 10.5. The third-order valence-electron chi connectivity index (χ3n) is 2.54. The van der Waals surface area contributed by atoms with Crippen LogP contribution in [-0.2, 0) is 4.79 Å². The minimum Gasteiger partial charge on any atom is -0.339 e. The average Bonchev–Trinajstić information content (AvgIpc) is 2.47. The van der Waals surface area contributed by atoms with Crippen LogP contribution in [0.5, 0.6) is 0 Å². The van der Waals surface area contributed by atoms with Crippen LogP contribution in [-0.4, -0.2) is 36.0 Å². The van der Waals surface area contributed by atoms with Gasteiger partial charge in [0.2, 0.25) is 5.91 Å². The van der Waals surface area contributed by atoms with Gasteiger partial charge in [-0.1, -0.05) is 13.8 Å². The lowest BCUT2D eigenvalue weighted by Gasteiger charge is -2.24. The van der Waals surface area contributed by atoms with Gasteiger partial charge in [-0.05, 0) is 12.8 Å². The van der Waals surface area contributed by atoms with Gasteiger partial charge < -0.3 is 10.2 Å². The quantitative estimate of drug-likeness (QED) is 0.709. The summed E-state index contributed by atoms with van der Waals surface area (Å²) in [5.41, 5.74) is 0. The molecular weight excluding hydrogens is 164 g/mol. The van der Waals surface area contributed by atoms with Crippen LogP contribution in [0.2, 0.25) is 0 Å². The Morgan fingerprint density at radius 3 is 2.85 bits per heavy atom. The van der Waals surface area contributed by atoms with E-state index < -0.39 is 0 Å². The van der Waals surface area contributed by atoms with E-state index >= 15 is 0 Å². The molecule has 0 spiro atoms. The topological polar surface area (TPSA) is 32.3 Å². The molecule has 1 atom stereocenters. The molecule has 3 heteroatoms. The number of nitrogens with zero attached hydrogens (tertiary/aromatic N) is 1. The first-order chi connectivity index (χ1) is 6.11. The first-order valence-corrected chi connectivity index (χ1v) is 5.12. The maximum Gasteiger partial charge on any atom is 0.219 e. The van der Waals surface area contributed by atoms with Gasteiger partial charge in [-0.3, -0.25) is 4.79 Å². The summed E-state index contributed by atoms with van der Waals surface area (Å²) in [6.45, 7) is 7.81. The lowest BCUT2D eigenvalue weighted by atomic mass is 10.2. The highest BCUT2D eigenvalue weighted by Crippen LogP contribution is 2.16. The molecule has 0 radical (unpaired) electrons. The van der Waals surface area contributed by atoms with Crippen molar-refractivity contribution < 1.29 is 4.79 Å². The van der Waals surface area contributed by atoms with Crippen LogP contribution in [0.4, 0.5) is 0 Å². The summed E-state index contributed by atoms with van der Waals surface area (Å²) >= 11 is 0. The predicted octanol–water partition coefficient (Wildman–Crippen LogP) is 0.995. The molecule has 1 rings (SSSR count). The highest BCUT2D eigenvalue weighted by Gasteiger charge is 2.25. The summed E-state index contributed by atoms with van der Waals surface area (Å²) in [5.74, 6) is 0.216. The predicted molar refractivity (Wildman–Crippen MR) is 53.5 cm³/mol. The highest BCUT2D eigenvalue weighted by molar-refractivity contribution is 5.73. The Bertz CT molecular complexity index is 180. The SMILES string of the molecule is CC(=O)N1CCC[C@@H]1CNC(C)C. The molecule has 13 heavy (non-hydrogen) atoms. The molecule has 1 heterocycles. The Morgan fingerprint density at radius 2 is 2.31 bits per heavy atom.